The predicted molar refractivity (Wildman–Crippen MR) is 79.3 cm³/mol. The summed E-state index contributed by atoms with van der Waals surface area (Å²) in [5.74, 6) is 1.39. The zero-order valence-electron chi connectivity index (χ0n) is 11.3. The van der Waals surface area contributed by atoms with E-state index in [-0.39, 0.29) is 0 Å². The van der Waals surface area contributed by atoms with Gasteiger partial charge in [-0.2, -0.15) is 0 Å². The van der Waals surface area contributed by atoms with Gasteiger partial charge in [-0.15, -0.1) is 5.10 Å². The van der Waals surface area contributed by atoms with Crippen molar-refractivity contribution in [3.05, 3.63) is 23.2 Å². The summed E-state index contributed by atoms with van der Waals surface area (Å²) in [7, 11) is 0. The van der Waals surface area contributed by atoms with Gasteiger partial charge in [-0.25, -0.2) is 4.68 Å². The van der Waals surface area contributed by atoms with Crippen molar-refractivity contribution in [2.75, 3.05) is 5.73 Å². The van der Waals surface area contributed by atoms with E-state index in [0.717, 1.165) is 17.9 Å². The fraction of sp³-hybridized carbons (Fsp3) is 0.500. The lowest BCUT2D eigenvalue weighted by Gasteiger charge is -2.21. The molecule has 0 radical (unpaired) electrons. The van der Waals surface area contributed by atoms with E-state index in [2.05, 4.69) is 15.5 Å². The van der Waals surface area contributed by atoms with Crippen molar-refractivity contribution >= 4 is 17.3 Å². The summed E-state index contributed by atoms with van der Waals surface area (Å²) in [5, 5.41) is 12.7. The first kappa shape index (κ1) is 13.4. The molecule has 1 aromatic carbocycles. The Bertz CT molecular complexity index is 589. The van der Waals surface area contributed by atoms with Crippen LogP contribution in [0.15, 0.2) is 18.2 Å². The van der Waals surface area contributed by atoms with Gasteiger partial charge < -0.3 is 5.73 Å². The Morgan fingerprint density at radius 2 is 2.05 bits per heavy atom. The van der Waals surface area contributed by atoms with Crippen LogP contribution in [0.2, 0.25) is 5.02 Å². The van der Waals surface area contributed by atoms with Crippen LogP contribution in [-0.4, -0.2) is 20.2 Å². The lowest BCUT2D eigenvalue weighted by atomic mass is 9.89. The van der Waals surface area contributed by atoms with E-state index in [0.29, 0.717) is 16.6 Å². The number of hydrogen-bond acceptors (Lipinski definition) is 4. The van der Waals surface area contributed by atoms with Crippen molar-refractivity contribution in [3.63, 3.8) is 0 Å². The number of benzene rings is 1. The fourth-order valence-corrected chi connectivity index (χ4v) is 3.05. The molecule has 0 unspecified atom stereocenters. The molecule has 0 aliphatic heterocycles. The van der Waals surface area contributed by atoms with Crippen molar-refractivity contribution < 1.29 is 0 Å². The summed E-state index contributed by atoms with van der Waals surface area (Å²) in [4.78, 5) is 0. The van der Waals surface area contributed by atoms with Crippen molar-refractivity contribution in [1.29, 1.82) is 0 Å². The maximum Gasteiger partial charge on any atom is 0.184 e. The number of nitrogens with two attached hydrogens (primary N) is 1. The number of nitrogen functional groups attached to an aromatic ring is 1. The summed E-state index contributed by atoms with van der Waals surface area (Å²) in [5.41, 5.74) is 7.47. The highest BCUT2D eigenvalue weighted by molar-refractivity contribution is 6.31. The quantitative estimate of drug-likeness (QED) is 0.882. The van der Waals surface area contributed by atoms with E-state index < -0.39 is 0 Å². The fourth-order valence-electron chi connectivity index (χ4n) is 2.87. The molecule has 106 valence electrons. The van der Waals surface area contributed by atoms with Gasteiger partial charge >= 0.3 is 0 Å². The zero-order chi connectivity index (χ0) is 13.9. The standard InChI is InChI=1S/C14H18ClN5/c15-11-6-7-12(13(16)8-11)14-17-18-19-20(14)9-10-4-2-1-3-5-10/h6-8,10H,1-5,9,16H2. The third-order valence-electron chi connectivity index (χ3n) is 3.94. The topological polar surface area (TPSA) is 69.6 Å². The number of anilines is 1. The van der Waals surface area contributed by atoms with Gasteiger partial charge in [-0.05, 0) is 47.4 Å². The Morgan fingerprint density at radius 1 is 1.25 bits per heavy atom. The average molecular weight is 292 g/mol. The Kier molecular flexibility index (Phi) is 3.87. The normalized spacial score (nSPS) is 16.4. The minimum absolute atomic E-state index is 0.609. The van der Waals surface area contributed by atoms with E-state index in [1.54, 1.807) is 6.07 Å². The molecule has 0 atom stereocenters. The predicted octanol–water partition coefficient (Wildman–Crippen LogP) is 3.16. The van der Waals surface area contributed by atoms with Gasteiger partial charge in [0.2, 0.25) is 0 Å². The summed E-state index contributed by atoms with van der Waals surface area (Å²) in [6, 6.07) is 5.42. The second kappa shape index (κ2) is 5.79. The second-order valence-corrected chi connectivity index (χ2v) is 5.86. The van der Waals surface area contributed by atoms with Gasteiger partial charge in [0.05, 0.1) is 0 Å². The summed E-state index contributed by atoms with van der Waals surface area (Å²) in [6.45, 7) is 0.865. The third-order valence-corrected chi connectivity index (χ3v) is 4.18. The molecule has 0 amide bonds. The lowest BCUT2D eigenvalue weighted by molar-refractivity contribution is 0.307. The summed E-state index contributed by atoms with van der Waals surface area (Å²) >= 11 is 5.94. The van der Waals surface area contributed by atoms with Crippen molar-refractivity contribution in [2.45, 2.75) is 38.6 Å². The summed E-state index contributed by atoms with van der Waals surface area (Å²) < 4.78 is 1.87. The first-order valence-electron chi connectivity index (χ1n) is 7.05. The number of aromatic nitrogens is 4. The zero-order valence-corrected chi connectivity index (χ0v) is 12.1. The number of tetrazole rings is 1. The maximum absolute atomic E-state index is 6.02. The minimum atomic E-state index is 0.609. The SMILES string of the molecule is Nc1cc(Cl)ccc1-c1nnnn1CC1CCCCC1. The molecule has 2 aromatic rings. The van der Waals surface area contributed by atoms with E-state index in [1.807, 2.05) is 16.8 Å². The van der Waals surface area contributed by atoms with Crippen molar-refractivity contribution in [3.8, 4) is 11.4 Å². The number of rotatable bonds is 3. The molecule has 2 N–H and O–H groups in total. The molecule has 1 aliphatic carbocycles. The van der Waals surface area contributed by atoms with Crippen LogP contribution >= 0.6 is 11.6 Å². The van der Waals surface area contributed by atoms with E-state index in [4.69, 9.17) is 17.3 Å². The Labute approximate surface area is 123 Å². The van der Waals surface area contributed by atoms with E-state index >= 15 is 0 Å². The Morgan fingerprint density at radius 3 is 2.80 bits per heavy atom. The molecule has 0 spiro atoms. The molecule has 3 rings (SSSR count). The van der Waals surface area contributed by atoms with Crippen LogP contribution in [0.25, 0.3) is 11.4 Å². The Hall–Kier alpha value is -1.62. The number of hydrogen-bond donors (Lipinski definition) is 1. The number of halogens is 1. The highest BCUT2D eigenvalue weighted by Gasteiger charge is 2.18. The maximum atomic E-state index is 6.02. The molecular formula is C14H18ClN5. The third kappa shape index (κ3) is 2.77. The molecule has 1 aromatic heterocycles. The smallest absolute Gasteiger partial charge is 0.184 e. The van der Waals surface area contributed by atoms with Crippen LogP contribution in [0.5, 0.6) is 0 Å². The van der Waals surface area contributed by atoms with Gasteiger partial charge in [-0.1, -0.05) is 30.9 Å². The molecule has 6 heteroatoms. The van der Waals surface area contributed by atoms with Crippen LogP contribution in [0.3, 0.4) is 0 Å². The second-order valence-electron chi connectivity index (χ2n) is 5.42. The molecule has 0 saturated heterocycles. The molecule has 1 heterocycles. The Balaban J connectivity index is 1.85. The van der Waals surface area contributed by atoms with Gasteiger partial charge in [0.15, 0.2) is 5.82 Å². The monoisotopic (exact) mass is 291 g/mol. The molecule has 1 fully saturated rings. The van der Waals surface area contributed by atoms with Crippen LogP contribution in [0, 0.1) is 5.92 Å². The first-order chi connectivity index (χ1) is 9.74. The molecule has 5 nitrogen and oxygen atoms in total. The largest absolute Gasteiger partial charge is 0.398 e. The van der Waals surface area contributed by atoms with Crippen LogP contribution in [-0.2, 0) is 6.54 Å². The van der Waals surface area contributed by atoms with Gasteiger partial charge in [-0.3, -0.25) is 0 Å². The molecular weight excluding hydrogens is 274 g/mol. The van der Waals surface area contributed by atoms with Crippen LogP contribution < -0.4 is 5.73 Å². The van der Waals surface area contributed by atoms with Gasteiger partial charge in [0.1, 0.15) is 0 Å². The molecule has 0 bridgehead atoms. The van der Waals surface area contributed by atoms with E-state index in [9.17, 15) is 0 Å². The molecule has 20 heavy (non-hydrogen) atoms. The highest BCUT2D eigenvalue weighted by Crippen LogP contribution is 2.29. The molecule has 1 saturated carbocycles. The lowest BCUT2D eigenvalue weighted by Crippen LogP contribution is -2.16. The highest BCUT2D eigenvalue weighted by atomic mass is 35.5. The average Bonchev–Trinajstić information content (AvgIpc) is 2.88. The number of nitrogens with zero attached hydrogens (tertiary/aromatic N) is 4. The summed E-state index contributed by atoms with van der Waals surface area (Å²) in [6.07, 6.45) is 6.49. The van der Waals surface area contributed by atoms with Crippen molar-refractivity contribution in [2.24, 2.45) is 5.92 Å². The minimum Gasteiger partial charge on any atom is -0.398 e. The molecule has 1 aliphatic rings. The first-order valence-corrected chi connectivity index (χ1v) is 7.43. The van der Waals surface area contributed by atoms with E-state index in [1.165, 1.54) is 32.1 Å². The van der Waals surface area contributed by atoms with Crippen LogP contribution in [0.1, 0.15) is 32.1 Å². The van der Waals surface area contributed by atoms with Crippen LogP contribution in [0.4, 0.5) is 5.69 Å². The van der Waals surface area contributed by atoms with Crippen molar-refractivity contribution in [1.82, 2.24) is 20.2 Å². The van der Waals surface area contributed by atoms with Gasteiger partial charge in [0, 0.05) is 22.8 Å². The van der Waals surface area contributed by atoms with Gasteiger partial charge in [0.25, 0.3) is 0 Å².